The molecule has 1 fully saturated rings. The molecule has 0 bridgehead atoms. The highest BCUT2D eigenvalue weighted by Crippen LogP contribution is 2.29. The zero-order valence-corrected chi connectivity index (χ0v) is 15.9. The zero-order chi connectivity index (χ0) is 17.5. The summed E-state index contributed by atoms with van der Waals surface area (Å²) in [5, 5.41) is 4.99. The predicted molar refractivity (Wildman–Crippen MR) is 106 cm³/mol. The van der Waals surface area contributed by atoms with E-state index in [2.05, 4.69) is 21.3 Å². The van der Waals surface area contributed by atoms with E-state index in [-0.39, 0.29) is 5.91 Å². The van der Waals surface area contributed by atoms with E-state index < -0.39 is 0 Å². The fraction of sp³-hybridized carbons (Fsp3) is 0.300. The zero-order valence-electron chi connectivity index (χ0n) is 14.3. The van der Waals surface area contributed by atoms with Gasteiger partial charge in [0.05, 0.1) is 0 Å². The third-order valence-electron chi connectivity index (χ3n) is 5.25. The maximum absolute atomic E-state index is 12.7. The van der Waals surface area contributed by atoms with Gasteiger partial charge in [0.15, 0.2) is 0 Å². The first-order valence-electron chi connectivity index (χ1n) is 8.87. The maximum Gasteiger partial charge on any atom is 0.273 e. The number of thiazole rings is 1. The lowest BCUT2D eigenvalue weighted by molar-refractivity contribution is 0.0217. The maximum atomic E-state index is 12.7. The summed E-state index contributed by atoms with van der Waals surface area (Å²) in [6.07, 6.45) is 1.14. The summed E-state index contributed by atoms with van der Waals surface area (Å²) in [4.78, 5) is 23.3. The molecule has 5 rings (SSSR count). The van der Waals surface area contributed by atoms with Gasteiger partial charge in [0.2, 0.25) is 0 Å². The van der Waals surface area contributed by atoms with Crippen LogP contribution in [-0.4, -0.2) is 46.4 Å². The van der Waals surface area contributed by atoms with E-state index in [4.69, 9.17) is 0 Å². The van der Waals surface area contributed by atoms with Crippen LogP contribution in [0.1, 0.15) is 20.9 Å². The number of benzene rings is 1. The lowest BCUT2D eigenvalue weighted by Gasteiger charge is -2.46. The summed E-state index contributed by atoms with van der Waals surface area (Å²) in [5.74, 6) is 0.0629. The van der Waals surface area contributed by atoms with Crippen molar-refractivity contribution in [1.82, 2.24) is 14.8 Å². The average molecular weight is 382 g/mol. The molecule has 0 radical (unpaired) electrons. The summed E-state index contributed by atoms with van der Waals surface area (Å²) >= 11 is 3.41. The lowest BCUT2D eigenvalue weighted by atomic mass is 10.0. The van der Waals surface area contributed by atoms with Crippen molar-refractivity contribution in [3.05, 3.63) is 63.3 Å². The molecule has 0 spiro atoms. The molecule has 132 valence electrons. The van der Waals surface area contributed by atoms with Crippen LogP contribution in [0.2, 0.25) is 0 Å². The number of thiophene rings is 1. The molecule has 1 saturated heterocycles. The highest BCUT2D eigenvalue weighted by molar-refractivity contribution is 7.13. The molecule has 2 aliphatic heterocycles. The van der Waals surface area contributed by atoms with Gasteiger partial charge < -0.3 is 4.90 Å². The number of amides is 1. The second-order valence-corrected chi connectivity index (χ2v) is 8.72. The monoisotopic (exact) mass is 381 g/mol. The number of carbonyl (C=O) groups is 1. The number of aromatic nitrogens is 1. The fourth-order valence-corrected chi connectivity index (χ4v) is 5.37. The molecule has 0 aliphatic carbocycles. The SMILES string of the molecule is O=C(c1csc(-c2ccccc2)n1)N1CC(N2CCc3sccc3C2)C1. The summed E-state index contributed by atoms with van der Waals surface area (Å²) in [6.45, 7) is 3.77. The van der Waals surface area contributed by atoms with Crippen molar-refractivity contribution in [2.75, 3.05) is 19.6 Å². The van der Waals surface area contributed by atoms with E-state index in [0.717, 1.165) is 43.2 Å². The molecule has 6 heteroatoms. The Bertz CT molecular complexity index is 927. The van der Waals surface area contributed by atoms with Crippen molar-refractivity contribution in [2.24, 2.45) is 0 Å². The van der Waals surface area contributed by atoms with Crippen LogP contribution in [0.15, 0.2) is 47.2 Å². The third-order valence-corrected chi connectivity index (χ3v) is 7.16. The van der Waals surface area contributed by atoms with Crippen molar-refractivity contribution < 1.29 is 4.79 Å². The van der Waals surface area contributed by atoms with Gasteiger partial charge in [-0.25, -0.2) is 4.98 Å². The van der Waals surface area contributed by atoms with E-state index in [1.54, 1.807) is 0 Å². The first-order chi connectivity index (χ1) is 12.8. The van der Waals surface area contributed by atoms with E-state index >= 15 is 0 Å². The molecule has 0 unspecified atom stereocenters. The van der Waals surface area contributed by atoms with E-state index in [1.165, 1.54) is 21.8 Å². The van der Waals surface area contributed by atoms with Gasteiger partial charge in [0.25, 0.3) is 5.91 Å². The molecule has 2 aromatic heterocycles. The average Bonchev–Trinajstić information content (AvgIpc) is 3.30. The van der Waals surface area contributed by atoms with Crippen molar-refractivity contribution in [1.29, 1.82) is 0 Å². The highest BCUT2D eigenvalue weighted by Gasteiger charge is 2.37. The van der Waals surface area contributed by atoms with Crippen molar-refractivity contribution >= 4 is 28.6 Å². The summed E-state index contributed by atoms with van der Waals surface area (Å²) in [7, 11) is 0. The van der Waals surface area contributed by atoms with Crippen LogP contribution in [-0.2, 0) is 13.0 Å². The van der Waals surface area contributed by atoms with Gasteiger partial charge in [-0.2, -0.15) is 0 Å². The van der Waals surface area contributed by atoms with Gasteiger partial charge in [-0.1, -0.05) is 30.3 Å². The first-order valence-corrected chi connectivity index (χ1v) is 10.6. The summed E-state index contributed by atoms with van der Waals surface area (Å²) in [6, 6.07) is 12.8. The van der Waals surface area contributed by atoms with Crippen molar-refractivity contribution in [2.45, 2.75) is 19.0 Å². The largest absolute Gasteiger partial charge is 0.334 e. The summed E-state index contributed by atoms with van der Waals surface area (Å²) < 4.78 is 0. The molecule has 3 aromatic rings. The van der Waals surface area contributed by atoms with Crippen LogP contribution in [0.5, 0.6) is 0 Å². The Balaban J connectivity index is 1.22. The standard InChI is InChI=1S/C20H19N3OS2/c24-20(17-13-26-19(21-17)14-4-2-1-3-5-14)23-11-16(12-23)22-8-6-18-15(10-22)7-9-25-18/h1-5,7,9,13,16H,6,8,10-12H2. The second-order valence-electron chi connectivity index (χ2n) is 6.86. The normalized spacial score (nSPS) is 17.8. The Morgan fingerprint density at radius 2 is 1.96 bits per heavy atom. The summed E-state index contributed by atoms with van der Waals surface area (Å²) in [5.41, 5.74) is 3.11. The van der Waals surface area contributed by atoms with Crippen molar-refractivity contribution in [3.8, 4) is 10.6 Å². The van der Waals surface area contributed by atoms with Crippen molar-refractivity contribution in [3.63, 3.8) is 0 Å². The van der Waals surface area contributed by atoms with Gasteiger partial charge in [-0.05, 0) is 23.4 Å². The topological polar surface area (TPSA) is 36.4 Å². The number of hydrogen-bond acceptors (Lipinski definition) is 5. The second kappa shape index (κ2) is 6.61. The van der Waals surface area contributed by atoms with E-state index in [0.29, 0.717) is 11.7 Å². The minimum Gasteiger partial charge on any atom is -0.334 e. The van der Waals surface area contributed by atoms with Crippen LogP contribution in [0.3, 0.4) is 0 Å². The molecule has 0 atom stereocenters. The van der Waals surface area contributed by atoms with Crippen LogP contribution in [0.25, 0.3) is 10.6 Å². The Morgan fingerprint density at radius 1 is 1.12 bits per heavy atom. The van der Waals surface area contributed by atoms with E-state index in [9.17, 15) is 4.79 Å². The number of carbonyl (C=O) groups excluding carboxylic acids is 1. The van der Waals surface area contributed by atoms with Gasteiger partial charge in [-0.15, -0.1) is 22.7 Å². The van der Waals surface area contributed by atoms with Crippen LogP contribution in [0, 0.1) is 0 Å². The molecule has 1 aromatic carbocycles. The molecule has 2 aliphatic rings. The van der Waals surface area contributed by atoms with Gasteiger partial charge in [0, 0.05) is 48.0 Å². The van der Waals surface area contributed by atoms with Gasteiger partial charge in [-0.3, -0.25) is 9.69 Å². The Labute approximate surface area is 160 Å². The first kappa shape index (κ1) is 16.2. The quantitative estimate of drug-likeness (QED) is 0.693. The predicted octanol–water partition coefficient (Wildman–Crippen LogP) is 3.75. The Kier molecular flexibility index (Phi) is 4.11. The molecular formula is C20H19N3OS2. The Morgan fingerprint density at radius 3 is 2.81 bits per heavy atom. The number of hydrogen-bond donors (Lipinski definition) is 0. The van der Waals surface area contributed by atoms with E-state index in [1.807, 2.05) is 51.9 Å². The molecule has 0 N–H and O–H groups in total. The van der Waals surface area contributed by atoms with Crippen LogP contribution in [0.4, 0.5) is 0 Å². The lowest BCUT2D eigenvalue weighted by Crippen LogP contribution is -2.61. The molecule has 26 heavy (non-hydrogen) atoms. The number of likely N-dealkylation sites (tertiary alicyclic amines) is 1. The number of rotatable bonds is 3. The highest BCUT2D eigenvalue weighted by atomic mass is 32.1. The Hall–Kier alpha value is -2.02. The van der Waals surface area contributed by atoms with Gasteiger partial charge >= 0.3 is 0 Å². The minimum atomic E-state index is 0.0629. The van der Waals surface area contributed by atoms with Crippen LogP contribution >= 0.6 is 22.7 Å². The molecule has 1 amide bonds. The van der Waals surface area contributed by atoms with Crippen LogP contribution < -0.4 is 0 Å². The third kappa shape index (κ3) is 2.88. The molecular weight excluding hydrogens is 362 g/mol. The smallest absolute Gasteiger partial charge is 0.273 e. The molecule has 4 nitrogen and oxygen atoms in total. The fourth-order valence-electron chi connectivity index (χ4n) is 3.68. The van der Waals surface area contributed by atoms with Gasteiger partial charge in [0.1, 0.15) is 10.7 Å². The number of fused-ring (bicyclic) bond motifs is 1. The number of nitrogens with zero attached hydrogens (tertiary/aromatic N) is 3. The minimum absolute atomic E-state index is 0.0629. The molecule has 0 saturated carbocycles. The molecule has 4 heterocycles.